The maximum absolute atomic E-state index is 9.52. The molecular weight excluding hydrogens is 268 g/mol. The van der Waals surface area contributed by atoms with E-state index in [0.717, 1.165) is 21.3 Å². The molecule has 1 unspecified atom stereocenters. The van der Waals surface area contributed by atoms with E-state index in [-0.39, 0.29) is 0 Å². The summed E-state index contributed by atoms with van der Waals surface area (Å²) in [6.07, 6.45) is 3.31. The lowest BCUT2D eigenvalue weighted by Gasteiger charge is -2.09. The molecule has 16 heavy (non-hydrogen) atoms. The third kappa shape index (κ3) is 2.18. The first-order valence-electron chi connectivity index (χ1n) is 5.07. The van der Waals surface area contributed by atoms with Crippen LogP contribution in [0.2, 0.25) is 0 Å². The van der Waals surface area contributed by atoms with Crippen molar-refractivity contribution in [2.24, 2.45) is 0 Å². The number of aliphatic hydroxyl groups is 1. The SMILES string of the molecule is Cc1cnn(-c2ccc(C(C)O)c(Br)c2)c1. The molecule has 1 aromatic carbocycles. The van der Waals surface area contributed by atoms with Crippen molar-refractivity contribution < 1.29 is 5.11 Å². The normalized spacial score (nSPS) is 12.8. The molecule has 0 aliphatic heterocycles. The fourth-order valence-electron chi connectivity index (χ4n) is 1.55. The zero-order valence-corrected chi connectivity index (χ0v) is 10.8. The molecule has 0 saturated carbocycles. The Morgan fingerprint density at radius 3 is 2.69 bits per heavy atom. The summed E-state index contributed by atoms with van der Waals surface area (Å²) in [4.78, 5) is 0. The number of halogens is 1. The molecule has 0 aliphatic rings. The van der Waals surface area contributed by atoms with Crippen molar-refractivity contribution in [3.05, 3.63) is 46.2 Å². The molecule has 3 nitrogen and oxygen atoms in total. The van der Waals surface area contributed by atoms with Crippen molar-refractivity contribution in [2.45, 2.75) is 20.0 Å². The molecular formula is C12H13BrN2O. The predicted octanol–water partition coefficient (Wildman–Crippen LogP) is 3.00. The van der Waals surface area contributed by atoms with Crippen LogP contribution >= 0.6 is 15.9 Å². The highest BCUT2D eigenvalue weighted by atomic mass is 79.9. The van der Waals surface area contributed by atoms with Crippen LogP contribution in [0.25, 0.3) is 5.69 Å². The van der Waals surface area contributed by atoms with E-state index in [4.69, 9.17) is 0 Å². The van der Waals surface area contributed by atoms with E-state index in [1.807, 2.05) is 42.2 Å². The lowest BCUT2D eigenvalue weighted by atomic mass is 10.1. The number of nitrogens with zero attached hydrogens (tertiary/aromatic N) is 2. The van der Waals surface area contributed by atoms with E-state index < -0.39 is 6.10 Å². The molecule has 1 aromatic heterocycles. The van der Waals surface area contributed by atoms with Gasteiger partial charge in [0.15, 0.2) is 0 Å². The Balaban J connectivity index is 2.42. The fourth-order valence-corrected chi connectivity index (χ4v) is 2.25. The summed E-state index contributed by atoms with van der Waals surface area (Å²) < 4.78 is 2.71. The van der Waals surface area contributed by atoms with Crippen molar-refractivity contribution in [3.8, 4) is 5.69 Å². The van der Waals surface area contributed by atoms with Crippen LogP contribution < -0.4 is 0 Å². The second-order valence-corrected chi connectivity index (χ2v) is 4.70. The van der Waals surface area contributed by atoms with Crippen LogP contribution in [0.5, 0.6) is 0 Å². The van der Waals surface area contributed by atoms with Gasteiger partial charge in [-0.2, -0.15) is 5.10 Å². The van der Waals surface area contributed by atoms with Gasteiger partial charge in [-0.3, -0.25) is 0 Å². The highest BCUT2D eigenvalue weighted by molar-refractivity contribution is 9.10. The average Bonchev–Trinajstić information content (AvgIpc) is 2.64. The molecule has 4 heteroatoms. The summed E-state index contributed by atoms with van der Waals surface area (Å²) >= 11 is 3.45. The molecule has 1 heterocycles. The monoisotopic (exact) mass is 280 g/mol. The van der Waals surface area contributed by atoms with E-state index in [9.17, 15) is 5.11 Å². The summed E-state index contributed by atoms with van der Waals surface area (Å²) in [6.45, 7) is 3.75. The van der Waals surface area contributed by atoms with Crippen LogP contribution in [0.1, 0.15) is 24.2 Å². The number of hydrogen-bond acceptors (Lipinski definition) is 2. The van der Waals surface area contributed by atoms with Gasteiger partial charge in [0.25, 0.3) is 0 Å². The van der Waals surface area contributed by atoms with Crippen molar-refractivity contribution >= 4 is 15.9 Å². The number of aryl methyl sites for hydroxylation is 1. The summed E-state index contributed by atoms with van der Waals surface area (Å²) in [6, 6.07) is 5.80. The highest BCUT2D eigenvalue weighted by Crippen LogP contribution is 2.25. The zero-order chi connectivity index (χ0) is 11.7. The molecule has 0 radical (unpaired) electrons. The summed E-state index contributed by atoms with van der Waals surface area (Å²) in [7, 11) is 0. The number of benzene rings is 1. The zero-order valence-electron chi connectivity index (χ0n) is 9.18. The molecule has 0 saturated heterocycles. The van der Waals surface area contributed by atoms with Crippen LogP contribution in [0.3, 0.4) is 0 Å². The van der Waals surface area contributed by atoms with Gasteiger partial charge < -0.3 is 5.11 Å². The van der Waals surface area contributed by atoms with Gasteiger partial charge in [0.05, 0.1) is 18.0 Å². The van der Waals surface area contributed by atoms with Gasteiger partial charge in [-0.25, -0.2) is 4.68 Å². The Morgan fingerprint density at radius 1 is 1.44 bits per heavy atom. The summed E-state index contributed by atoms with van der Waals surface area (Å²) in [5.41, 5.74) is 2.98. The maximum atomic E-state index is 9.52. The minimum Gasteiger partial charge on any atom is -0.389 e. The molecule has 0 spiro atoms. The molecule has 0 aliphatic carbocycles. The van der Waals surface area contributed by atoms with Gasteiger partial charge in [-0.15, -0.1) is 0 Å². The van der Waals surface area contributed by atoms with Gasteiger partial charge in [-0.1, -0.05) is 22.0 Å². The first-order valence-corrected chi connectivity index (χ1v) is 5.86. The minimum absolute atomic E-state index is 0.470. The van der Waals surface area contributed by atoms with Gasteiger partial charge in [0, 0.05) is 10.7 Å². The molecule has 2 aromatic rings. The van der Waals surface area contributed by atoms with Crippen molar-refractivity contribution in [1.29, 1.82) is 0 Å². The van der Waals surface area contributed by atoms with E-state index >= 15 is 0 Å². The quantitative estimate of drug-likeness (QED) is 0.919. The summed E-state index contributed by atoms with van der Waals surface area (Å²) in [5.74, 6) is 0. The summed E-state index contributed by atoms with van der Waals surface area (Å²) in [5, 5.41) is 13.8. The predicted molar refractivity (Wildman–Crippen MR) is 66.6 cm³/mol. The highest BCUT2D eigenvalue weighted by Gasteiger charge is 2.07. The third-order valence-electron chi connectivity index (χ3n) is 2.41. The molecule has 84 valence electrons. The van der Waals surface area contributed by atoms with Crippen LogP contribution in [0.4, 0.5) is 0 Å². The van der Waals surface area contributed by atoms with Crippen LogP contribution in [-0.4, -0.2) is 14.9 Å². The van der Waals surface area contributed by atoms with Crippen LogP contribution in [0, 0.1) is 6.92 Å². The Bertz CT molecular complexity index is 505. The van der Waals surface area contributed by atoms with Crippen molar-refractivity contribution in [2.75, 3.05) is 0 Å². The maximum Gasteiger partial charge on any atom is 0.0772 e. The Hall–Kier alpha value is -1.13. The van der Waals surface area contributed by atoms with Crippen molar-refractivity contribution in [3.63, 3.8) is 0 Å². The Labute approximate surface area is 103 Å². The van der Waals surface area contributed by atoms with Gasteiger partial charge in [0.2, 0.25) is 0 Å². The molecule has 0 amide bonds. The van der Waals surface area contributed by atoms with Gasteiger partial charge in [0.1, 0.15) is 0 Å². The Morgan fingerprint density at radius 2 is 2.19 bits per heavy atom. The van der Waals surface area contributed by atoms with Crippen LogP contribution in [0.15, 0.2) is 35.1 Å². The van der Waals surface area contributed by atoms with Gasteiger partial charge in [-0.05, 0) is 37.1 Å². The van der Waals surface area contributed by atoms with E-state index in [1.165, 1.54) is 0 Å². The molecule has 0 fully saturated rings. The molecule has 0 bridgehead atoms. The number of hydrogen-bond donors (Lipinski definition) is 1. The smallest absolute Gasteiger partial charge is 0.0772 e. The fraction of sp³-hybridized carbons (Fsp3) is 0.250. The van der Waals surface area contributed by atoms with Crippen molar-refractivity contribution in [1.82, 2.24) is 9.78 Å². The van der Waals surface area contributed by atoms with Crippen LogP contribution in [-0.2, 0) is 0 Å². The minimum atomic E-state index is -0.470. The molecule has 1 N–H and O–H groups in total. The second-order valence-electron chi connectivity index (χ2n) is 3.84. The van der Waals surface area contributed by atoms with E-state index in [2.05, 4.69) is 21.0 Å². The topological polar surface area (TPSA) is 38.0 Å². The number of aromatic nitrogens is 2. The molecule has 1 atom stereocenters. The average molecular weight is 281 g/mol. The van der Waals surface area contributed by atoms with Gasteiger partial charge >= 0.3 is 0 Å². The lowest BCUT2D eigenvalue weighted by Crippen LogP contribution is -1.97. The first kappa shape index (κ1) is 11.4. The number of aliphatic hydroxyl groups excluding tert-OH is 1. The third-order valence-corrected chi connectivity index (χ3v) is 3.10. The number of rotatable bonds is 2. The lowest BCUT2D eigenvalue weighted by molar-refractivity contribution is 0.198. The largest absolute Gasteiger partial charge is 0.389 e. The first-order chi connectivity index (χ1) is 7.58. The van der Waals surface area contributed by atoms with E-state index in [0.29, 0.717) is 0 Å². The van der Waals surface area contributed by atoms with E-state index in [1.54, 1.807) is 6.92 Å². The second kappa shape index (κ2) is 4.39. The standard InChI is InChI=1S/C12H13BrN2O/c1-8-6-14-15(7-8)10-3-4-11(9(2)16)12(13)5-10/h3-7,9,16H,1-2H3. The molecule has 2 rings (SSSR count). The Kier molecular flexibility index (Phi) is 3.12.